The first-order valence-corrected chi connectivity index (χ1v) is 4.11. The Bertz CT molecular complexity index is 130. The molecule has 1 unspecified atom stereocenters. The van der Waals surface area contributed by atoms with Gasteiger partial charge in [-0.15, -0.1) is 0 Å². The molecular weight excluding hydrogens is 142 g/mol. The third kappa shape index (κ3) is 2.01. The molecular formula is C8H15NO2. The van der Waals surface area contributed by atoms with Crippen LogP contribution in [0, 0.1) is 0 Å². The number of carbonyl (C=O) groups is 1. The molecule has 0 saturated carbocycles. The fourth-order valence-electron chi connectivity index (χ4n) is 1.54. The van der Waals surface area contributed by atoms with E-state index in [4.69, 9.17) is 4.74 Å². The van der Waals surface area contributed by atoms with Gasteiger partial charge in [-0.2, -0.15) is 0 Å². The van der Waals surface area contributed by atoms with E-state index in [1.165, 1.54) is 0 Å². The molecule has 1 aliphatic heterocycles. The summed E-state index contributed by atoms with van der Waals surface area (Å²) < 4.78 is 5.54. The van der Waals surface area contributed by atoms with Gasteiger partial charge in [-0.05, 0) is 19.9 Å². The summed E-state index contributed by atoms with van der Waals surface area (Å²) in [6.45, 7) is 4.44. The number of carbonyl (C=O) groups excluding carboxylic acids is 1. The third-order valence-corrected chi connectivity index (χ3v) is 2.11. The van der Waals surface area contributed by atoms with Crippen molar-refractivity contribution in [1.82, 2.24) is 5.32 Å². The Morgan fingerprint density at radius 2 is 2.55 bits per heavy atom. The normalized spacial score (nSPS) is 30.6. The minimum Gasteiger partial charge on any atom is -0.373 e. The Kier molecular flexibility index (Phi) is 3.02. The quantitative estimate of drug-likeness (QED) is 0.598. The van der Waals surface area contributed by atoms with Gasteiger partial charge in [0.25, 0.3) is 0 Å². The van der Waals surface area contributed by atoms with E-state index in [-0.39, 0.29) is 5.60 Å². The average Bonchev–Trinajstić information content (AvgIpc) is 2.39. The van der Waals surface area contributed by atoms with Gasteiger partial charge in [0.05, 0.1) is 5.60 Å². The number of rotatable bonds is 4. The van der Waals surface area contributed by atoms with E-state index in [0.717, 1.165) is 25.8 Å². The molecule has 3 heteroatoms. The lowest BCUT2D eigenvalue weighted by atomic mass is 10.00. The van der Waals surface area contributed by atoms with E-state index in [1.54, 1.807) is 0 Å². The van der Waals surface area contributed by atoms with Gasteiger partial charge in [0, 0.05) is 19.6 Å². The van der Waals surface area contributed by atoms with Gasteiger partial charge in [-0.3, -0.25) is 0 Å². The molecule has 1 rings (SSSR count). The summed E-state index contributed by atoms with van der Waals surface area (Å²) in [5.41, 5.74) is -0.184. The molecule has 1 aliphatic rings. The number of ether oxygens (including phenoxy) is 1. The zero-order valence-electron chi connectivity index (χ0n) is 6.93. The molecule has 0 aromatic rings. The highest BCUT2D eigenvalue weighted by molar-refractivity contribution is 5.51. The van der Waals surface area contributed by atoms with Crippen LogP contribution in [0.5, 0.6) is 0 Å². The van der Waals surface area contributed by atoms with Crippen LogP contribution < -0.4 is 5.32 Å². The smallest absolute Gasteiger partial charge is 0.122 e. The van der Waals surface area contributed by atoms with E-state index in [2.05, 4.69) is 5.32 Å². The fourth-order valence-corrected chi connectivity index (χ4v) is 1.54. The van der Waals surface area contributed by atoms with E-state index < -0.39 is 0 Å². The van der Waals surface area contributed by atoms with Crippen LogP contribution in [0.25, 0.3) is 0 Å². The fraction of sp³-hybridized carbons (Fsp3) is 0.875. The first kappa shape index (κ1) is 8.68. The van der Waals surface area contributed by atoms with E-state index in [9.17, 15) is 4.79 Å². The third-order valence-electron chi connectivity index (χ3n) is 2.11. The highest BCUT2D eigenvalue weighted by atomic mass is 16.5. The maximum Gasteiger partial charge on any atom is 0.122 e. The minimum absolute atomic E-state index is 0.184. The molecule has 11 heavy (non-hydrogen) atoms. The van der Waals surface area contributed by atoms with Gasteiger partial charge >= 0.3 is 0 Å². The van der Waals surface area contributed by atoms with Crippen LogP contribution in [0.15, 0.2) is 0 Å². The van der Waals surface area contributed by atoms with Crippen LogP contribution in [0.4, 0.5) is 0 Å². The highest BCUT2D eigenvalue weighted by Gasteiger charge is 2.33. The van der Waals surface area contributed by atoms with Crippen LogP contribution in [-0.4, -0.2) is 31.6 Å². The molecule has 0 spiro atoms. The van der Waals surface area contributed by atoms with Crippen molar-refractivity contribution in [2.24, 2.45) is 0 Å². The summed E-state index contributed by atoms with van der Waals surface area (Å²) in [6.07, 6.45) is 2.43. The molecule has 64 valence electrons. The predicted molar refractivity (Wildman–Crippen MR) is 42.5 cm³/mol. The molecule has 1 atom stereocenters. The van der Waals surface area contributed by atoms with Crippen LogP contribution in [-0.2, 0) is 9.53 Å². The summed E-state index contributed by atoms with van der Waals surface area (Å²) in [7, 11) is 0. The zero-order chi connectivity index (χ0) is 8.16. The standard InChI is InChI=1S/C8H15NO2/c1-2-11-8(4-6-10)3-5-9-7-8/h6,9H,2-5,7H2,1H3. The lowest BCUT2D eigenvalue weighted by molar-refractivity contribution is -0.114. The van der Waals surface area contributed by atoms with E-state index in [0.29, 0.717) is 13.0 Å². The monoisotopic (exact) mass is 157 g/mol. The van der Waals surface area contributed by atoms with Crippen molar-refractivity contribution >= 4 is 6.29 Å². The van der Waals surface area contributed by atoms with E-state index >= 15 is 0 Å². The second-order valence-corrected chi connectivity index (χ2v) is 2.91. The Labute approximate surface area is 67.1 Å². The molecule has 0 aromatic carbocycles. The Morgan fingerprint density at radius 3 is 3.00 bits per heavy atom. The summed E-state index contributed by atoms with van der Waals surface area (Å²) in [4.78, 5) is 10.3. The SMILES string of the molecule is CCOC1(CC=O)CCNC1. The van der Waals surface area contributed by atoms with Crippen molar-refractivity contribution in [3.05, 3.63) is 0 Å². The summed E-state index contributed by atoms with van der Waals surface area (Å²) in [6, 6.07) is 0. The first-order valence-electron chi connectivity index (χ1n) is 4.11. The van der Waals surface area contributed by atoms with Crippen LogP contribution >= 0.6 is 0 Å². The number of nitrogens with one attached hydrogen (secondary N) is 1. The van der Waals surface area contributed by atoms with Gasteiger partial charge in [-0.1, -0.05) is 0 Å². The molecule has 0 amide bonds. The summed E-state index contributed by atoms with van der Waals surface area (Å²) in [5.74, 6) is 0. The number of aldehydes is 1. The summed E-state index contributed by atoms with van der Waals surface area (Å²) >= 11 is 0. The molecule has 1 fully saturated rings. The van der Waals surface area contributed by atoms with Crippen LogP contribution in [0.2, 0.25) is 0 Å². The average molecular weight is 157 g/mol. The second kappa shape index (κ2) is 3.83. The zero-order valence-corrected chi connectivity index (χ0v) is 6.93. The molecule has 0 aliphatic carbocycles. The highest BCUT2D eigenvalue weighted by Crippen LogP contribution is 2.22. The first-order chi connectivity index (χ1) is 5.33. The maximum atomic E-state index is 10.3. The number of hydrogen-bond acceptors (Lipinski definition) is 3. The van der Waals surface area contributed by atoms with Crippen molar-refractivity contribution in [3.8, 4) is 0 Å². The maximum absolute atomic E-state index is 10.3. The Hall–Kier alpha value is -0.410. The molecule has 1 N–H and O–H groups in total. The van der Waals surface area contributed by atoms with Crippen molar-refractivity contribution in [2.75, 3.05) is 19.7 Å². The van der Waals surface area contributed by atoms with Gasteiger partial charge in [-0.25, -0.2) is 0 Å². The summed E-state index contributed by atoms with van der Waals surface area (Å²) in [5, 5.41) is 3.20. The second-order valence-electron chi connectivity index (χ2n) is 2.91. The van der Waals surface area contributed by atoms with Crippen molar-refractivity contribution in [1.29, 1.82) is 0 Å². The minimum atomic E-state index is -0.184. The van der Waals surface area contributed by atoms with Gasteiger partial charge in [0.2, 0.25) is 0 Å². The molecule has 1 saturated heterocycles. The predicted octanol–water partition coefficient (Wildman–Crippen LogP) is 0.344. The molecule has 1 heterocycles. The van der Waals surface area contributed by atoms with Crippen LogP contribution in [0.1, 0.15) is 19.8 Å². The molecule has 0 aromatic heterocycles. The lowest BCUT2D eigenvalue weighted by Gasteiger charge is -2.25. The molecule has 3 nitrogen and oxygen atoms in total. The van der Waals surface area contributed by atoms with Crippen molar-refractivity contribution < 1.29 is 9.53 Å². The van der Waals surface area contributed by atoms with E-state index in [1.807, 2.05) is 6.92 Å². The largest absolute Gasteiger partial charge is 0.373 e. The van der Waals surface area contributed by atoms with Gasteiger partial charge < -0.3 is 14.8 Å². The Morgan fingerprint density at radius 1 is 1.73 bits per heavy atom. The van der Waals surface area contributed by atoms with Gasteiger partial charge in [0.1, 0.15) is 6.29 Å². The topological polar surface area (TPSA) is 38.3 Å². The lowest BCUT2D eigenvalue weighted by Crippen LogP contribution is -2.35. The van der Waals surface area contributed by atoms with Gasteiger partial charge in [0.15, 0.2) is 0 Å². The molecule has 0 bridgehead atoms. The van der Waals surface area contributed by atoms with Crippen molar-refractivity contribution in [3.63, 3.8) is 0 Å². The van der Waals surface area contributed by atoms with Crippen molar-refractivity contribution in [2.45, 2.75) is 25.4 Å². The molecule has 0 radical (unpaired) electrons. The number of hydrogen-bond donors (Lipinski definition) is 1. The Balaban J connectivity index is 2.46. The van der Waals surface area contributed by atoms with Crippen LogP contribution in [0.3, 0.4) is 0 Å².